The molecule has 3 heterocycles. The standard InChI is InChI=1S/C15H19N3O3/c19-14(11-18-7-8-21-15(18)20)17-6-4-12(10-17)9-13-3-1-2-5-16-13/h1-3,5,12H,4,6-11H2. The number of carbonyl (C=O) groups is 2. The van der Waals surface area contributed by atoms with Crippen molar-refractivity contribution < 1.29 is 14.3 Å². The highest BCUT2D eigenvalue weighted by Crippen LogP contribution is 2.20. The van der Waals surface area contributed by atoms with Crippen LogP contribution in [-0.2, 0) is 16.0 Å². The van der Waals surface area contributed by atoms with Gasteiger partial charge in [0.2, 0.25) is 5.91 Å². The van der Waals surface area contributed by atoms with Crippen LogP contribution in [0.5, 0.6) is 0 Å². The van der Waals surface area contributed by atoms with Gasteiger partial charge in [0, 0.05) is 25.0 Å². The molecule has 0 bridgehead atoms. The van der Waals surface area contributed by atoms with Gasteiger partial charge in [0.05, 0.1) is 6.54 Å². The molecule has 6 heteroatoms. The summed E-state index contributed by atoms with van der Waals surface area (Å²) in [7, 11) is 0. The van der Waals surface area contributed by atoms with Gasteiger partial charge in [-0.2, -0.15) is 0 Å². The molecule has 2 aliphatic heterocycles. The lowest BCUT2D eigenvalue weighted by atomic mass is 10.0. The molecule has 21 heavy (non-hydrogen) atoms. The normalized spacial score (nSPS) is 21.7. The Kier molecular flexibility index (Phi) is 4.03. The van der Waals surface area contributed by atoms with Crippen molar-refractivity contribution in [3.8, 4) is 0 Å². The van der Waals surface area contributed by atoms with Crippen molar-refractivity contribution >= 4 is 12.0 Å². The summed E-state index contributed by atoms with van der Waals surface area (Å²) >= 11 is 0. The van der Waals surface area contributed by atoms with Crippen LogP contribution in [0, 0.1) is 5.92 Å². The van der Waals surface area contributed by atoms with Crippen LogP contribution in [0.25, 0.3) is 0 Å². The molecule has 0 aliphatic carbocycles. The van der Waals surface area contributed by atoms with Crippen molar-refractivity contribution in [3.63, 3.8) is 0 Å². The number of hydrogen-bond donors (Lipinski definition) is 0. The van der Waals surface area contributed by atoms with E-state index in [2.05, 4.69) is 4.98 Å². The van der Waals surface area contributed by atoms with Crippen molar-refractivity contribution in [1.82, 2.24) is 14.8 Å². The molecule has 2 saturated heterocycles. The Balaban J connectivity index is 1.50. The first-order valence-corrected chi connectivity index (χ1v) is 7.32. The number of ether oxygens (including phenoxy) is 1. The van der Waals surface area contributed by atoms with Crippen molar-refractivity contribution in [2.24, 2.45) is 5.92 Å². The summed E-state index contributed by atoms with van der Waals surface area (Å²) in [5.74, 6) is 0.465. The second-order valence-corrected chi connectivity index (χ2v) is 5.56. The van der Waals surface area contributed by atoms with Gasteiger partial charge in [-0.3, -0.25) is 14.7 Å². The molecule has 0 spiro atoms. The molecule has 1 unspecified atom stereocenters. The van der Waals surface area contributed by atoms with Crippen LogP contribution < -0.4 is 0 Å². The number of amides is 2. The van der Waals surface area contributed by atoms with Crippen LogP contribution in [0.3, 0.4) is 0 Å². The molecule has 0 saturated carbocycles. The third kappa shape index (κ3) is 3.32. The zero-order valence-corrected chi connectivity index (χ0v) is 11.9. The van der Waals surface area contributed by atoms with Gasteiger partial charge in [-0.05, 0) is 30.9 Å². The quantitative estimate of drug-likeness (QED) is 0.827. The van der Waals surface area contributed by atoms with E-state index in [0.29, 0.717) is 19.1 Å². The Hall–Kier alpha value is -2.11. The number of carbonyl (C=O) groups excluding carboxylic acids is 2. The summed E-state index contributed by atoms with van der Waals surface area (Å²) in [6.45, 7) is 2.54. The van der Waals surface area contributed by atoms with Gasteiger partial charge in [0.25, 0.3) is 0 Å². The van der Waals surface area contributed by atoms with Gasteiger partial charge in [-0.15, -0.1) is 0 Å². The number of aromatic nitrogens is 1. The highest BCUT2D eigenvalue weighted by Gasteiger charge is 2.30. The lowest BCUT2D eigenvalue weighted by Crippen LogP contribution is -2.39. The first kappa shape index (κ1) is 13.9. The Morgan fingerprint density at radius 1 is 1.38 bits per heavy atom. The summed E-state index contributed by atoms with van der Waals surface area (Å²) < 4.78 is 4.84. The van der Waals surface area contributed by atoms with E-state index in [-0.39, 0.29) is 18.5 Å². The predicted molar refractivity (Wildman–Crippen MR) is 75.5 cm³/mol. The summed E-state index contributed by atoms with van der Waals surface area (Å²) in [5, 5.41) is 0. The van der Waals surface area contributed by atoms with Crippen LogP contribution in [0.2, 0.25) is 0 Å². The molecule has 2 aliphatic rings. The molecule has 2 amide bonds. The molecule has 1 atom stereocenters. The van der Waals surface area contributed by atoms with E-state index in [1.807, 2.05) is 23.1 Å². The van der Waals surface area contributed by atoms with E-state index in [0.717, 1.165) is 31.6 Å². The molecular formula is C15H19N3O3. The van der Waals surface area contributed by atoms with E-state index in [1.54, 1.807) is 6.20 Å². The minimum atomic E-state index is -0.382. The molecular weight excluding hydrogens is 270 g/mol. The van der Waals surface area contributed by atoms with Gasteiger partial charge in [0.1, 0.15) is 13.2 Å². The van der Waals surface area contributed by atoms with Gasteiger partial charge in [-0.25, -0.2) is 4.79 Å². The molecule has 1 aromatic heterocycles. The smallest absolute Gasteiger partial charge is 0.410 e. The Morgan fingerprint density at radius 2 is 2.29 bits per heavy atom. The SMILES string of the molecule is O=C(CN1CCOC1=O)N1CCC(Cc2ccccn2)C1. The average molecular weight is 289 g/mol. The first-order chi connectivity index (χ1) is 10.2. The van der Waals surface area contributed by atoms with Crippen molar-refractivity contribution in [2.45, 2.75) is 12.8 Å². The number of nitrogens with zero attached hydrogens (tertiary/aromatic N) is 3. The van der Waals surface area contributed by atoms with Gasteiger partial charge < -0.3 is 9.64 Å². The van der Waals surface area contributed by atoms with Gasteiger partial charge in [-0.1, -0.05) is 6.07 Å². The summed E-state index contributed by atoms with van der Waals surface area (Å²) in [6, 6.07) is 5.91. The van der Waals surface area contributed by atoms with E-state index < -0.39 is 0 Å². The lowest BCUT2D eigenvalue weighted by molar-refractivity contribution is -0.130. The predicted octanol–water partition coefficient (Wildman–Crippen LogP) is 0.925. The first-order valence-electron chi connectivity index (χ1n) is 7.32. The van der Waals surface area contributed by atoms with Crippen LogP contribution in [0.4, 0.5) is 4.79 Å². The molecule has 2 fully saturated rings. The minimum absolute atomic E-state index is 0.0115. The third-order valence-corrected chi connectivity index (χ3v) is 4.03. The molecule has 1 aromatic rings. The van der Waals surface area contributed by atoms with Crippen LogP contribution >= 0.6 is 0 Å². The van der Waals surface area contributed by atoms with Crippen LogP contribution in [-0.4, -0.2) is 59.6 Å². The molecule has 0 aromatic carbocycles. The fourth-order valence-electron chi connectivity index (χ4n) is 2.87. The maximum absolute atomic E-state index is 12.2. The number of pyridine rings is 1. The number of hydrogen-bond acceptors (Lipinski definition) is 4. The lowest BCUT2D eigenvalue weighted by Gasteiger charge is -2.19. The van der Waals surface area contributed by atoms with Crippen molar-refractivity contribution in [3.05, 3.63) is 30.1 Å². The zero-order valence-electron chi connectivity index (χ0n) is 11.9. The van der Waals surface area contributed by atoms with Crippen LogP contribution in [0.15, 0.2) is 24.4 Å². The second-order valence-electron chi connectivity index (χ2n) is 5.56. The van der Waals surface area contributed by atoms with E-state index >= 15 is 0 Å². The largest absolute Gasteiger partial charge is 0.448 e. The highest BCUT2D eigenvalue weighted by molar-refractivity contribution is 5.83. The highest BCUT2D eigenvalue weighted by atomic mass is 16.6. The topological polar surface area (TPSA) is 62.7 Å². The molecule has 3 rings (SSSR count). The molecule has 0 radical (unpaired) electrons. The monoisotopic (exact) mass is 289 g/mol. The maximum atomic E-state index is 12.2. The molecule has 6 nitrogen and oxygen atoms in total. The Bertz CT molecular complexity index is 520. The van der Waals surface area contributed by atoms with Crippen molar-refractivity contribution in [1.29, 1.82) is 0 Å². The second kappa shape index (κ2) is 6.11. The van der Waals surface area contributed by atoms with E-state index in [9.17, 15) is 9.59 Å². The molecule has 112 valence electrons. The van der Waals surface area contributed by atoms with E-state index in [4.69, 9.17) is 4.74 Å². The average Bonchev–Trinajstić information content (AvgIpc) is 3.10. The van der Waals surface area contributed by atoms with E-state index in [1.165, 1.54) is 4.90 Å². The van der Waals surface area contributed by atoms with Gasteiger partial charge >= 0.3 is 6.09 Å². The minimum Gasteiger partial charge on any atom is -0.448 e. The Labute approximate surface area is 123 Å². The maximum Gasteiger partial charge on any atom is 0.410 e. The van der Waals surface area contributed by atoms with Crippen molar-refractivity contribution in [2.75, 3.05) is 32.8 Å². The zero-order chi connectivity index (χ0) is 14.7. The summed E-state index contributed by atoms with van der Waals surface area (Å²) in [4.78, 5) is 31.2. The fraction of sp³-hybridized carbons (Fsp3) is 0.533. The summed E-state index contributed by atoms with van der Waals surface area (Å²) in [6.07, 6.45) is 3.31. The van der Waals surface area contributed by atoms with Crippen LogP contribution in [0.1, 0.15) is 12.1 Å². The third-order valence-electron chi connectivity index (χ3n) is 4.03. The number of likely N-dealkylation sites (tertiary alicyclic amines) is 1. The fourth-order valence-corrected chi connectivity index (χ4v) is 2.87. The van der Waals surface area contributed by atoms with Gasteiger partial charge in [0.15, 0.2) is 0 Å². The Morgan fingerprint density at radius 3 is 3.00 bits per heavy atom. The summed E-state index contributed by atoms with van der Waals surface area (Å²) in [5.41, 5.74) is 1.07. The molecule has 0 N–H and O–H groups in total. The number of rotatable bonds is 4. The number of cyclic esters (lactones) is 1.